The lowest BCUT2D eigenvalue weighted by Crippen LogP contribution is -2.36. The molecule has 0 unspecified atom stereocenters. The van der Waals surface area contributed by atoms with Crippen LogP contribution >= 0.6 is 0 Å². The predicted molar refractivity (Wildman–Crippen MR) is 50.5 cm³/mol. The van der Waals surface area contributed by atoms with E-state index in [0.717, 1.165) is 6.42 Å². The van der Waals surface area contributed by atoms with Gasteiger partial charge in [0.1, 0.15) is 18.8 Å². The molecule has 0 amide bonds. The molecule has 0 aromatic heterocycles. The average molecular weight is 200 g/mol. The first-order chi connectivity index (χ1) is 6.74. The fraction of sp³-hybridized carbons (Fsp3) is 0.800. The Hall–Kier alpha value is -0.600. The largest absolute Gasteiger partial charge is 0.387 e. The Bertz CT molecular complexity index is 209. The van der Waals surface area contributed by atoms with Crippen molar-refractivity contribution < 1.29 is 19.3 Å². The summed E-state index contributed by atoms with van der Waals surface area (Å²) in [6, 6.07) is 0. The van der Waals surface area contributed by atoms with Crippen molar-refractivity contribution in [3.63, 3.8) is 0 Å². The minimum absolute atomic E-state index is 0.154. The molecule has 1 N–H and O–H groups in total. The van der Waals surface area contributed by atoms with Crippen molar-refractivity contribution in [2.45, 2.75) is 37.9 Å². The van der Waals surface area contributed by atoms with Crippen molar-refractivity contribution in [1.82, 2.24) is 0 Å². The van der Waals surface area contributed by atoms with Gasteiger partial charge in [-0.2, -0.15) is 0 Å². The Morgan fingerprint density at radius 3 is 2.79 bits per heavy atom. The molecule has 0 spiro atoms. The monoisotopic (exact) mass is 200 g/mol. The smallest absolute Gasteiger partial charge is 0.186 e. The molecule has 1 saturated heterocycles. The lowest BCUT2D eigenvalue weighted by molar-refractivity contribution is -0.159. The fourth-order valence-corrected chi connectivity index (χ4v) is 1.55. The molecule has 4 atom stereocenters. The number of aliphatic hydroxyl groups excluding tert-OH is 1. The van der Waals surface area contributed by atoms with Gasteiger partial charge in [0, 0.05) is 7.11 Å². The predicted octanol–water partition coefficient (Wildman–Crippen LogP) is 0.147. The molecule has 4 nitrogen and oxygen atoms in total. The lowest BCUT2D eigenvalue weighted by Gasteiger charge is -2.18. The molecular formula is C10H16O4. The van der Waals surface area contributed by atoms with Gasteiger partial charge in [-0.3, -0.25) is 0 Å². The van der Waals surface area contributed by atoms with E-state index in [-0.39, 0.29) is 12.7 Å². The van der Waals surface area contributed by atoms with E-state index in [1.807, 2.05) is 6.92 Å². The maximum Gasteiger partial charge on any atom is 0.186 e. The zero-order valence-corrected chi connectivity index (χ0v) is 8.47. The number of ether oxygens (including phenoxy) is 3. The fourth-order valence-electron chi connectivity index (χ4n) is 1.55. The van der Waals surface area contributed by atoms with Crippen LogP contribution in [0.3, 0.4) is 0 Å². The van der Waals surface area contributed by atoms with Crippen molar-refractivity contribution in [3.8, 4) is 12.3 Å². The van der Waals surface area contributed by atoms with E-state index >= 15 is 0 Å². The lowest BCUT2D eigenvalue weighted by atomic mass is 10.1. The van der Waals surface area contributed by atoms with E-state index in [2.05, 4.69) is 5.92 Å². The minimum Gasteiger partial charge on any atom is -0.387 e. The van der Waals surface area contributed by atoms with Gasteiger partial charge in [-0.05, 0) is 6.42 Å². The number of terminal acetylenes is 1. The highest BCUT2D eigenvalue weighted by Gasteiger charge is 2.43. The number of aliphatic hydroxyl groups is 1. The third kappa shape index (κ3) is 2.25. The van der Waals surface area contributed by atoms with E-state index in [4.69, 9.17) is 20.6 Å². The summed E-state index contributed by atoms with van der Waals surface area (Å²) in [4.78, 5) is 0. The second kappa shape index (κ2) is 5.32. The highest BCUT2D eigenvalue weighted by Crippen LogP contribution is 2.26. The highest BCUT2D eigenvalue weighted by atomic mass is 16.7. The van der Waals surface area contributed by atoms with Crippen LogP contribution in [-0.4, -0.2) is 43.4 Å². The van der Waals surface area contributed by atoms with Crippen molar-refractivity contribution in [3.05, 3.63) is 0 Å². The Labute approximate surface area is 84.2 Å². The number of rotatable bonds is 4. The third-order valence-corrected chi connectivity index (χ3v) is 2.29. The number of hydrogen-bond acceptors (Lipinski definition) is 4. The zero-order chi connectivity index (χ0) is 10.6. The Morgan fingerprint density at radius 2 is 2.29 bits per heavy atom. The molecule has 0 aromatic rings. The first kappa shape index (κ1) is 11.5. The van der Waals surface area contributed by atoms with Gasteiger partial charge in [-0.15, -0.1) is 6.42 Å². The molecule has 0 saturated carbocycles. The quantitative estimate of drug-likeness (QED) is 0.656. The van der Waals surface area contributed by atoms with Gasteiger partial charge >= 0.3 is 0 Å². The first-order valence-electron chi connectivity index (χ1n) is 4.66. The van der Waals surface area contributed by atoms with Crippen molar-refractivity contribution >= 4 is 0 Å². The third-order valence-electron chi connectivity index (χ3n) is 2.29. The second-order valence-electron chi connectivity index (χ2n) is 3.16. The van der Waals surface area contributed by atoms with E-state index in [1.165, 1.54) is 7.11 Å². The number of hydrogen-bond donors (Lipinski definition) is 1. The van der Waals surface area contributed by atoms with Gasteiger partial charge in [0.05, 0.1) is 6.10 Å². The highest BCUT2D eigenvalue weighted by molar-refractivity contribution is 4.90. The topological polar surface area (TPSA) is 47.9 Å². The van der Waals surface area contributed by atoms with Crippen LogP contribution in [0.5, 0.6) is 0 Å². The molecule has 1 heterocycles. The van der Waals surface area contributed by atoms with Crippen molar-refractivity contribution in [1.29, 1.82) is 0 Å². The molecule has 1 fully saturated rings. The summed E-state index contributed by atoms with van der Waals surface area (Å²) in [5.74, 6) is 2.35. The van der Waals surface area contributed by atoms with Gasteiger partial charge in [0.25, 0.3) is 0 Å². The summed E-state index contributed by atoms with van der Waals surface area (Å²) in [5, 5.41) is 9.78. The summed E-state index contributed by atoms with van der Waals surface area (Å²) in [6.45, 7) is 2.09. The summed E-state index contributed by atoms with van der Waals surface area (Å²) >= 11 is 0. The Kier molecular flexibility index (Phi) is 4.36. The van der Waals surface area contributed by atoms with Gasteiger partial charge in [0.15, 0.2) is 6.29 Å². The Morgan fingerprint density at radius 1 is 1.57 bits per heavy atom. The van der Waals surface area contributed by atoms with Crippen LogP contribution in [0.1, 0.15) is 13.3 Å². The number of methoxy groups -OCH3 is 1. The standard InChI is InChI=1S/C10H16O4/c1-4-6-13-9-8(11)7(5-2)14-10(9)12-3/h1,7-11H,5-6H2,2-3H3/t7-,8-,9+,10-/m0/s1. The van der Waals surface area contributed by atoms with Crippen LogP contribution in [0.4, 0.5) is 0 Å². The van der Waals surface area contributed by atoms with Crippen LogP contribution < -0.4 is 0 Å². The molecular weight excluding hydrogens is 184 g/mol. The summed E-state index contributed by atoms with van der Waals surface area (Å²) in [7, 11) is 1.52. The van der Waals surface area contributed by atoms with E-state index in [9.17, 15) is 5.11 Å². The molecule has 1 aliphatic rings. The van der Waals surface area contributed by atoms with E-state index < -0.39 is 18.5 Å². The molecule has 1 aliphatic heterocycles. The van der Waals surface area contributed by atoms with Crippen LogP contribution in [-0.2, 0) is 14.2 Å². The maximum atomic E-state index is 9.78. The summed E-state index contributed by atoms with van der Waals surface area (Å²) in [5.41, 5.74) is 0. The first-order valence-corrected chi connectivity index (χ1v) is 4.66. The van der Waals surface area contributed by atoms with Crippen molar-refractivity contribution in [2.75, 3.05) is 13.7 Å². The molecule has 80 valence electrons. The van der Waals surface area contributed by atoms with E-state index in [0.29, 0.717) is 0 Å². The summed E-state index contributed by atoms with van der Waals surface area (Å²) in [6.07, 6.45) is 3.88. The van der Waals surface area contributed by atoms with Gasteiger partial charge in [-0.1, -0.05) is 12.8 Å². The molecule has 1 rings (SSSR count). The van der Waals surface area contributed by atoms with Crippen molar-refractivity contribution in [2.24, 2.45) is 0 Å². The minimum atomic E-state index is -0.668. The van der Waals surface area contributed by atoms with Crippen LogP contribution in [0.25, 0.3) is 0 Å². The molecule has 14 heavy (non-hydrogen) atoms. The van der Waals surface area contributed by atoms with Gasteiger partial charge in [0.2, 0.25) is 0 Å². The maximum absolute atomic E-state index is 9.78. The SMILES string of the molecule is C#CCO[C@H]1[C@@H](OC)O[C@@H](CC)[C@@H]1O. The van der Waals surface area contributed by atoms with Crippen LogP contribution in [0, 0.1) is 12.3 Å². The van der Waals surface area contributed by atoms with Crippen LogP contribution in [0.15, 0.2) is 0 Å². The molecule has 0 aromatic carbocycles. The van der Waals surface area contributed by atoms with Crippen LogP contribution in [0.2, 0.25) is 0 Å². The molecule has 0 radical (unpaired) electrons. The molecule has 0 aliphatic carbocycles. The average Bonchev–Trinajstić information content (AvgIpc) is 2.52. The van der Waals surface area contributed by atoms with E-state index in [1.54, 1.807) is 0 Å². The normalized spacial score (nSPS) is 37.0. The van der Waals surface area contributed by atoms with Gasteiger partial charge in [-0.25, -0.2) is 0 Å². The second-order valence-corrected chi connectivity index (χ2v) is 3.16. The summed E-state index contributed by atoms with van der Waals surface area (Å²) < 4.78 is 15.7. The van der Waals surface area contributed by atoms with Gasteiger partial charge < -0.3 is 19.3 Å². The molecule has 4 heteroatoms. The molecule has 0 bridgehead atoms. The Balaban J connectivity index is 2.56. The zero-order valence-electron chi connectivity index (χ0n) is 8.47.